The Balaban J connectivity index is 2.18. The highest BCUT2D eigenvalue weighted by Crippen LogP contribution is 2.31. The minimum Gasteiger partial charge on any atom is -0.452 e. The summed E-state index contributed by atoms with van der Waals surface area (Å²) < 4.78 is 33.3. The molecule has 0 aliphatic heterocycles. The number of hydrogen-bond acceptors (Lipinski definition) is 4. The van der Waals surface area contributed by atoms with E-state index in [1.807, 2.05) is 4.72 Å². The van der Waals surface area contributed by atoms with Gasteiger partial charge in [-0.15, -0.1) is 0 Å². The Hall–Kier alpha value is -0.820. The van der Waals surface area contributed by atoms with Crippen LogP contribution < -0.4 is 4.72 Å². The van der Waals surface area contributed by atoms with E-state index in [-0.39, 0.29) is 12.1 Å². The number of carbonyl (C=O) groups excluding carboxylic acids is 1. The molecule has 2 aliphatic carbocycles. The molecule has 21 heavy (non-hydrogen) atoms. The molecule has 122 valence electrons. The number of methoxy groups -OCH3 is 1. The van der Waals surface area contributed by atoms with Gasteiger partial charge in [-0.05, 0) is 25.7 Å². The zero-order valence-electron chi connectivity index (χ0n) is 12.7. The van der Waals surface area contributed by atoms with Crippen LogP contribution in [0.15, 0.2) is 0 Å². The van der Waals surface area contributed by atoms with Crippen molar-refractivity contribution < 1.29 is 17.9 Å². The van der Waals surface area contributed by atoms with Crippen molar-refractivity contribution in [3.8, 4) is 0 Å². The highest BCUT2D eigenvalue weighted by Gasteiger charge is 2.38. The monoisotopic (exact) mass is 318 g/mol. The smallest absolute Gasteiger partial charge is 0.421 e. The summed E-state index contributed by atoms with van der Waals surface area (Å²) in [6, 6.07) is 0.0352. The quantitative estimate of drug-likeness (QED) is 0.864. The van der Waals surface area contributed by atoms with E-state index >= 15 is 0 Å². The molecule has 0 spiro atoms. The van der Waals surface area contributed by atoms with E-state index in [1.54, 1.807) is 4.31 Å². The van der Waals surface area contributed by atoms with Gasteiger partial charge in [-0.25, -0.2) is 9.52 Å². The van der Waals surface area contributed by atoms with Crippen LogP contribution >= 0.6 is 0 Å². The van der Waals surface area contributed by atoms with Gasteiger partial charge in [0.15, 0.2) is 0 Å². The highest BCUT2D eigenvalue weighted by molar-refractivity contribution is 7.87. The zero-order valence-corrected chi connectivity index (χ0v) is 13.5. The van der Waals surface area contributed by atoms with E-state index in [9.17, 15) is 13.2 Å². The molecule has 0 aromatic heterocycles. The zero-order chi connectivity index (χ0) is 15.3. The van der Waals surface area contributed by atoms with Crippen LogP contribution in [0.3, 0.4) is 0 Å². The van der Waals surface area contributed by atoms with Crippen molar-refractivity contribution in [2.24, 2.45) is 0 Å². The Morgan fingerprint density at radius 1 is 0.952 bits per heavy atom. The molecule has 0 aromatic rings. The van der Waals surface area contributed by atoms with Crippen LogP contribution in [0, 0.1) is 0 Å². The topological polar surface area (TPSA) is 75.7 Å². The lowest BCUT2D eigenvalue weighted by atomic mass is 9.91. The average Bonchev–Trinajstić information content (AvgIpc) is 2.48. The van der Waals surface area contributed by atoms with Crippen LogP contribution in [-0.4, -0.2) is 38.0 Å². The average molecular weight is 318 g/mol. The van der Waals surface area contributed by atoms with Crippen molar-refractivity contribution in [1.82, 2.24) is 9.03 Å². The third-order valence-electron chi connectivity index (χ3n) is 4.54. The first kappa shape index (κ1) is 16.5. The normalized spacial score (nSPS) is 22.2. The molecule has 2 saturated carbocycles. The molecule has 7 heteroatoms. The Morgan fingerprint density at radius 2 is 1.38 bits per heavy atom. The maximum atomic E-state index is 12.6. The number of rotatable bonds is 4. The van der Waals surface area contributed by atoms with E-state index < -0.39 is 16.3 Å². The summed E-state index contributed by atoms with van der Waals surface area (Å²) in [5.41, 5.74) is 0. The second-order valence-electron chi connectivity index (χ2n) is 6.01. The van der Waals surface area contributed by atoms with Crippen molar-refractivity contribution in [3.63, 3.8) is 0 Å². The minimum absolute atomic E-state index is 0.0176. The molecular formula is C14H26N2O4S. The molecule has 1 N–H and O–H groups in total. The second kappa shape index (κ2) is 7.45. The Morgan fingerprint density at radius 3 is 1.76 bits per heavy atom. The van der Waals surface area contributed by atoms with Crippen LogP contribution in [-0.2, 0) is 14.9 Å². The van der Waals surface area contributed by atoms with E-state index in [1.165, 1.54) is 20.0 Å². The molecule has 1 amide bonds. The minimum atomic E-state index is -3.82. The molecule has 0 heterocycles. The van der Waals surface area contributed by atoms with Gasteiger partial charge in [0.05, 0.1) is 7.11 Å². The molecule has 2 aliphatic rings. The van der Waals surface area contributed by atoms with E-state index in [4.69, 9.17) is 0 Å². The van der Waals surface area contributed by atoms with Crippen LogP contribution in [0.4, 0.5) is 4.79 Å². The van der Waals surface area contributed by atoms with E-state index in [0.717, 1.165) is 51.4 Å². The lowest BCUT2D eigenvalue weighted by molar-refractivity contribution is 0.160. The predicted molar refractivity (Wildman–Crippen MR) is 80.0 cm³/mol. The van der Waals surface area contributed by atoms with Crippen LogP contribution in [0.25, 0.3) is 0 Å². The number of nitrogens with one attached hydrogen (secondary N) is 1. The maximum Gasteiger partial charge on any atom is 0.421 e. The fraction of sp³-hybridized carbons (Fsp3) is 0.929. The van der Waals surface area contributed by atoms with Gasteiger partial charge in [0.25, 0.3) is 0 Å². The SMILES string of the molecule is COC(=O)NS(=O)(=O)N(C1CCCCC1)C1CCCCC1. The number of nitrogens with zero attached hydrogens (tertiary/aromatic N) is 1. The van der Waals surface area contributed by atoms with Gasteiger partial charge in [-0.2, -0.15) is 12.7 Å². The lowest BCUT2D eigenvalue weighted by Crippen LogP contribution is -2.54. The summed E-state index contributed by atoms with van der Waals surface area (Å²) in [6.45, 7) is 0. The molecule has 0 atom stereocenters. The Kier molecular flexibility index (Phi) is 5.87. The second-order valence-corrected chi connectivity index (χ2v) is 7.59. The highest BCUT2D eigenvalue weighted by atomic mass is 32.2. The number of hydrogen-bond donors (Lipinski definition) is 1. The van der Waals surface area contributed by atoms with Gasteiger partial charge in [-0.1, -0.05) is 38.5 Å². The molecule has 2 rings (SSSR count). The van der Waals surface area contributed by atoms with Gasteiger partial charge in [0.2, 0.25) is 0 Å². The summed E-state index contributed by atoms with van der Waals surface area (Å²) in [4.78, 5) is 11.4. The summed E-state index contributed by atoms with van der Waals surface area (Å²) in [7, 11) is -2.65. The Labute approximate surface area is 127 Å². The fourth-order valence-electron chi connectivity index (χ4n) is 3.56. The summed E-state index contributed by atoms with van der Waals surface area (Å²) in [6.07, 6.45) is 9.20. The van der Waals surface area contributed by atoms with Crippen molar-refractivity contribution >= 4 is 16.3 Å². The standard InChI is InChI=1S/C14H26N2O4S/c1-20-14(17)15-21(18,19)16(12-8-4-2-5-9-12)13-10-6-3-7-11-13/h12-13H,2-11H2,1H3,(H,15,17). The third-order valence-corrected chi connectivity index (χ3v) is 6.12. The number of carbonyl (C=O) groups is 1. The summed E-state index contributed by atoms with van der Waals surface area (Å²) in [5.74, 6) is 0. The molecule has 6 nitrogen and oxygen atoms in total. The van der Waals surface area contributed by atoms with Gasteiger partial charge in [-0.3, -0.25) is 0 Å². The molecule has 0 aromatic carbocycles. The predicted octanol–water partition coefficient (Wildman–Crippen LogP) is 2.55. The van der Waals surface area contributed by atoms with Crippen LogP contribution in [0.1, 0.15) is 64.2 Å². The number of ether oxygens (including phenoxy) is 1. The first-order valence-corrected chi connectivity index (χ1v) is 9.38. The largest absolute Gasteiger partial charge is 0.452 e. The molecule has 0 saturated heterocycles. The van der Waals surface area contributed by atoms with Crippen LogP contribution in [0.2, 0.25) is 0 Å². The molecule has 0 bridgehead atoms. The van der Waals surface area contributed by atoms with Crippen molar-refractivity contribution in [3.05, 3.63) is 0 Å². The Bertz CT molecular complexity index is 422. The molecule has 0 radical (unpaired) electrons. The van der Waals surface area contributed by atoms with E-state index in [2.05, 4.69) is 4.74 Å². The fourth-order valence-corrected chi connectivity index (χ4v) is 5.17. The van der Waals surface area contributed by atoms with Crippen molar-refractivity contribution in [2.45, 2.75) is 76.3 Å². The van der Waals surface area contributed by atoms with Gasteiger partial charge in [0.1, 0.15) is 0 Å². The first-order valence-electron chi connectivity index (χ1n) is 7.94. The first-order chi connectivity index (χ1) is 10.0. The van der Waals surface area contributed by atoms with Gasteiger partial charge in [0, 0.05) is 12.1 Å². The van der Waals surface area contributed by atoms with Gasteiger partial charge >= 0.3 is 16.3 Å². The van der Waals surface area contributed by atoms with Crippen molar-refractivity contribution in [1.29, 1.82) is 0 Å². The van der Waals surface area contributed by atoms with Crippen molar-refractivity contribution in [2.75, 3.05) is 7.11 Å². The molecular weight excluding hydrogens is 292 g/mol. The summed E-state index contributed by atoms with van der Waals surface area (Å²) in [5, 5.41) is 0. The number of amides is 1. The van der Waals surface area contributed by atoms with E-state index in [0.29, 0.717) is 0 Å². The third kappa shape index (κ3) is 4.32. The van der Waals surface area contributed by atoms with Gasteiger partial charge < -0.3 is 4.74 Å². The van der Waals surface area contributed by atoms with Crippen LogP contribution in [0.5, 0.6) is 0 Å². The summed E-state index contributed by atoms with van der Waals surface area (Å²) >= 11 is 0. The molecule has 2 fully saturated rings. The molecule has 0 unspecified atom stereocenters. The lowest BCUT2D eigenvalue weighted by Gasteiger charge is -2.40. The maximum absolute atomic E-state index is 12.6.